The van der Waals surface area contributed by atoms with E-state index in [1.807, 2.05) is 6.07 Å². The van der Waals surface area contributed by atoms with E-state index in [-0.39, 0.29) is 24.2 Å². The number of rotatable bonds is 6. The fourth-order valence-electron chi connectivity index (χ4n) is 4.29. The zero-order chi connectivity index (χ0) is 25.8. The smallest absolute Gasteiger partial charge is 0.293 e. The van der Waals surface area contributed by atoms with Crippen LogP contribution in [-0.4, -0.2) is 18.4 Å². The molecular formula is C29H22FN3O4. The number of carbonyl (C=O) groups is 2. The van der Waals surface area contributed by atoms with Crippen LogP contribution in [0.15, 0.2) is 83.3 Å². The van der Waals surface area contributed by atoms with E-state index in [1.165, 1.54) is 24.3 Å². The second-order valence-corrected chi connectivity index (χ2v) is 8.49. The number of fused-ring (bicyclic) bond motifs is 1. The molecule has 37 heavy (non-hydrogen) atoms. The number of benzene rings is 3. The second-order valence-electron chi connectivity index (χ2n) is 8.49. The molecule has 0 atom stereocenters. The molecule has 1 aromatic heterocycles. The maximum atomic E-state index is 13.4. The Morgan fingerprint density at radius 3 is 2.65 bits per heavy atom. The molecule has 0 bridgehead atoms. The third-order valence-corrected chi connectivity index (χ3v) is 6.10. The predicted molar refractivity (Wildman–Crippen MR) is 135 cm³/mol. The largest absolute Gasteiger partial charge is 0.484 e. The van der Waals surface area contributed by atoms with Crippen LogP contribution in [0.4, 0.5) is 15.8 Å². The van der Waals surface area contributed by atoms with Gasteiger partial charge < -0.3 is 19.4 Å². The van der Waals surface area contributed by atoms with E-state index in [2.05, 4.69) is 11.4 Å². The molecule has 184 valence electrons. The first-order valence-corrected chi connectivity index (χ1v) is 11.7. The minimum Gasteiger partial charge on any atom is -0.484 e. The number of hydrogen-bond acceptors (Lipinski definition) is 5. The third kappa shape index (κ3) is 5.07. The van der Waals surface area contributed by atoms with Crippen LogP contribution < -0.4 is 15.0 Å². The van der Waals surface area contributed by atoms with Crippen LogP contribution in [0.5, 0.6) is 5.75 Å². The van der Waals surface area contributed by atoms with Gasteiger partial charge in [-0.3, -0.25) is 9.59 Å². The second kappa shape index (κ2) is 10.4. The van der Waals surface area contributed by atoms with Crippen molar-refractivity contribution in [1.82, 2.24) is 0 Å². The minimum absolute atomic E-state index is 0.0716. The van der Waals surface area contributed by atoms with Gasteiger partial charge in [0, 0.05) is 23.5 Å². The number of nitrogens with one attached hydrogen (secondary N) is 1. The number of hydrogen-bond donors (Lipinski definition) is 1. The number of halogens is 1. The molecule has 0 saturated heterocycles. The van der Waals surface area contributed by atoms with Crippen molar-refractivity contribution < 1.29 is 23.1 Å². The Hall–Kier alpha value is -4.90. The third-order valence-electron chi connectivity index (χ3n) is 6.10. The number of para-hydroxylation sites is 1. The Kier molecular flexibility index (Phi) is 6.68. The molecular weight excluding hydrogens is 473 g/mol. The zero-order valence-corrected chi connectivity index (χ0v) is 19.7. The van der Waals surface area contributed by atoms with Gasteiger partial charge in [0.2, 0.25) is 0 Å². The van der Waals surface area contributed by atoms with Gasteiger partial charge in [-0.25, -0.2) is 4.39 Å². The molecule has 7 nitrogen and oxygen atoms in total. The number of nitrogens with zero attached hydrogens (tertiary/aromatic N) is 2. The molecule has 2 amide bonds. The first-order chi connectivity index (χ1) is 18.0. The van der Waals surface area contributed by atoms with Crippen molar-refractivity contribution >= 4 is 23.2 Å². The summed E-state index contributed by atoms with van der Waals surface area (Å²) in [5.41, 5.74) is 2.91. The number of nitriles is 1. The van der Waals surface area contributed by atoms with Gasteiger partial charge in [0.1, 0.15) is 30.0 Å². The zero-order valence-electron chi connectivity index (χ0n) is 19.7. The number of ether oxygens (including phenoxy) is 1. The number of amides is 2. The van der Waals surface area contributed by atoms with Crippen LogP contribution in [0.2, 0.25) is 0 Å². The molecule has 1 aliphatic rings. The fraction of sp³-hybridized carbons (Fsp3) is 0.138. The standard InChI is InChI=1S/C29H22FN3O4/c30-21-12-10-19(11-13-21)28(34)32-24-7-3-8-25-23(24)6-4-16-33(25)29(35)27-15-14-22(37-27)18-36-26-9-2-1-5-20(26)17-31/h1-3,5,7-15H,4,6,16,18H2,(H,32,34). The van der Waals surface area contributed by atoms with Gasteiger partial charge in [-0.1, -0.05) is 18.2 Å². The van der Waals surface area contributed by atoms with Gasteiger partial charge in [-0.05, 0) is 79.1 Å². The summed E-state index contributed by atoms with van der Waals surface area (Å²) in [6.07, 6.45) is 1.40. The first-order valence-electron chi connectivity index (χ1n) is 11.7. The topological polar surface area (TPSA) is 95.6 Å². The normalized spacial score (nSPS) is 12.4. The molecule has 5 rings (SSSR count). The van der Waals surface area contributed by atoms with E-state index in [0.717, 1.165) is 5.56 Å². The van der Waals surface area contributed by atoms with Gasteiger partial charge in [-0.15, -0.1) is 0 Å². The lowest BCUT2D eigenvalue weighted by Gasteiger charge is -2.30. The summed E-state index contributed by atoms with van der Waals surface area (Å²) in [5.74, 6) is -0.0107. The average Bonchev–Trinajstić information content (AvgIpc) is 3.41. The predicted octanol–water partition coefficient (Wildman–Crippen LogP) is 5.71. The van der Waals surface area contributed by atoms with Gasteiger partial charge in [0.05, 0.1) is 5.56 Å². The molecule has 2 heterocycles. The summed E-state index contributed by atoms with van der Waals surface area (Å²) < 4.78 is 24.7. The molecule has 4 aromatic rings. The SMILES string of the molecule is N#Cc1ccccc1OCc1ccc(C(=O)N2CCCc3c(NC(=O)c4ccc(F)cc4)cccc32)o1. The van der Waals surface area contributed by atoms with Crippen molar-refractivity contribution in [1.29, 1.82) is 5.26 Å². The van der Waals surface area contributed by atoms with Crippen LogP contribution in [0.25, 0.3) is 0 Å². The van der Waals surface area contributed by atoms with Gasteiger partial charge in [-0.2, -0.15) is 5.26 Å². The van der Waals surface area contributed by atoms with E-state index in [9.17, 15) is 19.2 Å². The van der Waals surface area contributed by atoms with Crippen LogP contribution >= 0.6 is 0 Å². The highest BCUT2D eigenvalue weighted by Gasteiger charge is 2.27. The van der Waals surface area contributed by atoms with Crippen LogP contribution in [0.1, 0.15) is 44.2 Å². The molecule has 0 unspecified atom stereocenters. The average molecular weight is 496 g/mol. The van der Waals surface area contributed by atoms with Gasteiger partial charge in [0.15, 0.2) is 5.76 Å². The molecule has 0 radical (unpaired) electrons. The summed E-state index contributed by atoms with van der Waals surface area (Å²) in [6, 6.07) is 23.0. The van der Waals surface area contributed by atoms with E-state index >= 15 is 0 Å². The van der Waals surface area contributed by atoms with Crippen molar-refractivity contribution in [2.75, 3.05) is 16.8 Å². The lowest BCUT2D eigenvalue weighted by Crippen LogP contribution is -2.35. The molecule has 0 saturated carbocycles. The Morgan fingerprint density at radius 1 is 1.03 bits per heavy atom. The number of carbonyl (C=O) groups excluding carboxylic acids is 2. The van der Waals surface area contributed by atoms with Crippen LogP contribution in [0, 0.1) is 17.1 Å². The highest BCUT2D eigenvalue weighted by molar-refractivity contribution is 6.07. The van der Waals surface area contributed by atoms with Crippen LogP contribution in [-0.2, 0) is 13.0 Å². The molecule has 1 N–H and O–H groups in total. The molecule has 8 heteroatoms. The van der Waals surface area contributed by atoms with E-state index in [4.69, 9.17) is 9.15 Å². The fourth-order valence-corrected chi connectivity index (χ4v) is 4.29. The summed E-state index contributed by atoms with van der Waals surface area (Å²) >= 11 is 0. The van der Waals surface area contributed by atoms with E-state index in [1.54, 1.807) is 53.4 Å². The van der Waals surface area contributed by atoms with Gasteiger partial charge in [0.25, 0.3) is 11.8 Å². The maximum Gasteiger partial charge on any atom is 0.293 e. The minimum atomic E-state index is -0.414. The Balaban J connectivity index is 1.32. The van der Waals surface area contributed by atoms with E-state index < -0.39 is 5.82 Å². The van der Waals surface area contributed by atoms with Crippen LogP contribution in [0.3, 0.4) is 0 Å². The quantitative estimate of drug-likeness (QED) is 0.369. The highest BCUT2D eigenvalue weighted by Crippen LogP contribution is 2.34. The van der Waals surface area contributed by atoms with Crippen molar-refractivity contribution in [3.05, 3.63) is 113 Å². The van der Waals surface area contributed by atoms with E-state index in [0.29, 0.717) is 53.4 Å². The monoisotopic (exact) mass is 495 g/mol. The van der Waals surface area contributed by atoms with Gasteiger partial charge >= 0.3 is 0 Å². The molecule has 0 spiro atoms. The Bertz CT molecular complexity index is 1500. The summed E-state index contributed by atoms with van der Waals surface area (Å²) in [4.78, 5) is 27.7. The van der Waals surface area contributed by atoms with Crippen molar-refractivity contribution in [2.45, 2.75) is 19.4 Å². The number of anilines is 2. The maximum absolute atomic E-state index is 13.4. The lowest BCUT2D eigenvalue weighted by atomic mass is 9.99. The summed E-state index contributed by atoms with van der Waals surface area (Å²) in [7, 11) is 0. The van der Waals surface area contributed by atoms with Crippen molar-refractivity contribution in [3.63, 3.8) is 0 Å². The number of furan rings is 1. The molecule has 1 aliphatic heterocycles. The highest BCUT2D eigenvalue weighted by atomic mass is 19.1. The molecule has 0 aliphatic carbocycles. The molecule has 0 fully saturated rings. The summed E-state index contributed by atoms with van der Waals surface area (Å²) in [6.45, 7) is 0.575. The summed E-state index contributed by atoms with van der Waals surface area (Å²) in [5, 5.41) is 12.1. The Labute approximate surface area is 212 Å². The van der Waals surface area contributed by atoms with Crippen molar-refractivity contribution in [2.24, 2.45) is 0 Å². The Morgan fingerprint density at radius 2 is 1.84 bits per heavy atom. The molecule has 3 aromatic carbocycles. The first kappa shape index (κ1) is 23.8. The van der Waals surface area contributed by atoms with Crippen molar-refractivity contribution in [3.8, 4) is 11.8 Å². The lowest BCUT2D eigenvalue weighted by molar-refractivity contribution is 0.0954.